The third kappa shape index (κ3) is 2.97. The van der Waals surface area contributed by atoms with Gasteiger partial charge >= 0.3 is 11.6 Å². The van der Waals surface area contributed by atoms with E-state index < -0.39 is 11.6 Å². The second-order valence-corrected chi connectivity index (χ2v) is 5.42. The van der Waals surface area contributed by atoms with Crippen LogP contribution in [0.5, 0.6) is 0 Å². The van der Waals surface area contributed by atoms with Crippen LogP contribution in [0.1, 0.15) is 30.0 Å². The summed E-state index contributed by atoms with van der Waals surface area (Å²) in [4.78, 5) is 24.4. The van der Waals surface area contributed by atoms with Gasteiger partial charge in [0.25, 0.3) is 0 Å². The zero-order chi connectivity index (χ0) is 15.6. The maximum Gasteiger partial charge on any atom is 0.340 e. The SMILES string of the molecule is CCCc1c(S)ccc2c(C)c(CC(=O)OC)c(=O)oc12. The molecule has 2 rings (SSSR count). The van der Waals surface area contributed by atoms with Crippen molar-refractivity contribution in [2.24, 2.45) is 0 Å². The van der Waals surface area contributed by atoms with Crippen LogP contribution in [0.3, 0.4) is 0 Å². The first-order valence-electron chi connectivity index (χ1n) is 6.83. The highest BCUT2D eigenvalue weighted by atomic mass is 32.1. The van der Waals surface area contributed by atoms with E-state index in [1.54, 1.807) is 0 Å². The lowest BCUT2D eigenvalue weighted by molar-refractivity contribution is -0.139. The molecule has 2 aromatic rings. The number of hydrogen-bond acceptors (Lipinski definition) is 5. The number of ether oxygens (including phenoxy) is 1. The summed E-state index contributed by atoms with van der Waals surface area (Å²) in [5, 5.41) is 0.842. The van der Waals surface area contributed by atoms with Crippen LogP contribution in [0.25, 0.3) is 11.0 Å². The van der Waals surface area contributed by atoms with Gasteiger partial charge < -0.3 is 9.15 Å². The van der Waals surface area contributed by atoms with Crippen molar-refractivity contribution in [2.45, 2.75) is 38.0 Å². The van der Waals surface area contributed by atoms with Crippen LogP contribution in [0.4, 0.5) is 0 Å². The number of aryl methyl sites for hydroxylation is 2. The molecule has 0 N–H and O–H groups in total. The van der Waals surface area contributed by atoms with Gasteiger partial charge in [-0.2, -0.15) is 0 Å². The first-order chi connectivity index (χ1) is 9.99. The largest absolute Gasteiger partial charge is 0.469 e. The van der Waals surface area contributed by atoms with Crippen molar-refractivity contribution in [2.75, 3.05) is 7.11 Å². The van der Waals surface area contributed by atoms with Crippen molar-refractivity contribution in [1.29, 1.82) is 0 Å². The lowest BCUT2D eigenvalue weighted by atomic mass is 10.00. The number of methoxy groups -OCH3 is 1. The smallest absolute Gasteiger partial charge is 0.340 e. The molecule has 0 saturated carbocycles. The summed E-state index contributed by atoms with van der Waals surface area (Å²) in [7, 11) is 1.30. The molecule has 0 fully saturated rings. The average Bonchev–Trinajstić information content (AvgIpc) is 2.46. The van der Waals surface area contributed by atoms with Crippen molar-refractivity contribution in [3.05, 3.63) is 39.2 Å². The third-order valence-electron chi connectivity index (χ3n) is 3.58. The van der Waals surface area contributed by atoms with Gasteiger partial charge in [0, 0.05) is 15.8 Å². The number of thiol groups is 1. The number of esters is 1. The minimum absolute atomic E-state index is 0.0770. The van der Waals surface area contributed by atoms with Crippen molar-refractivity contribution < 1.29 is 13.9 Å². The summed E-state index contributed by atoms with van der Waals surface area (Å²) in [5.41, 5.74) is 2.13. The molecule has 0 aliphatic rings. The number of fused-ring (bicyclic) bond motifs is 1. The molecular weight excluding hydrogens is 288 g/mol. The fraction of sp³-hybridized carbons (Fsp3) is 0.375. The Bertz CT molecular complexity index is 746. The zero-order valence-electron chi connectivity index (χ0n) is 12.4. The van der Waals surface area contributed by atoms with Gasteiger partial charge in [-0.25, -0.2) is 4.79 Å². The Morgan fingerprint density at radius 3 is 2.67 bits per heavy atom. The van der Waals surface area contributed by atoms with Gasteiger partial charge in [0.1, 0.15) is 5.58 Å². The molecule has 0 bridgehead atoms. The summed E-state index contributed by atoms with van der Waals surface area (Å²) >= 11 is 4.44. The highest BCUT2D eigenvalue weighted by molar-refractivity contribution is 7.80. The van der Waals surface area contributed by atoms with Gasteiger partial charge in [-0.05, 0) is 31.0 Å². The average molecular weight is 306 g/mol. The van der Waals surface area contributed by atoms with Gasteiger partial charge in [0.05, 0.1) is 19.1 Å². The summed E-state index contributed by atoms with van der Waals surface area (Å²) in [6, 6.07) is 3.77. The topological polar surface area (TPSA) is 56.5 Å². The minimum atomic E-state index is -0.485. The molecule has 0 spiro atoms. The van der Waals surface area contributed by atoms with E-state index >= 15 is 0 Å². The van der Waals surface area contributed by atoms with Crippen molar-refractivity contribution in [3.63, 3.8) is 0 Å². The Balaban J connectivity index is 2.71. The first kappa shape index (κ1) is 15.6. The summed E-state index contributed by atoms with van der Waals surface area (Å²) in [6.45, 7) is 3.88. The number of carbonyl (C=O) groups excluding carboxylic acids is 1. The van der Waals surface area contributed by atoms with Gasteiger partial charge in [-0.15, -0.1) is 12.6 Å². The molecule has 0 aliphatic carbocycles. The molecule has 0 unspecified atom stereocenters. The molecular formula is C16H18O4S. The highest BCUT2D eigenvalue weighted by Gasteiger charge is 2.17. The van der Waals surface area contributed by atoms with Crippen LogP contribution in [-0.4, -0.2) is 13.1 Å². The lowest BCUT2D eigenvalue weighted by Gasteiger charge is -2.11. The molecule has 1 heterocycles. The molecule has 0 atom stereocenters. The van der Waals surface area contributed by atoms with Crippen LogP contribution >= 0.6 is 12.6 Å². The molecule has 5 heteroatoms. The number of benzene rings is 1. The highest BCUT2D eigenvalue weighted by Crippen LogP contribution is 2.28. The molecule has 21 heavy (non-hydrogen) atoms. The zero-order valence-corrected chi connectivity index (χ0v) is 13.3. The van der Waals surface area contributed by atoms with Crippen LogP contribution < -0.4 is 5.63 Å². The van der Waals surface area contributed by atoms with E-state index in [1.807, 2.05) is 19.1 Å². The molecule has 1 aromatic heterocycles. The number of carbonyl (C=O) groups is 1. The Labute approximate surface area is 128 Å². The van der Waals surface area contributed by atoms with Crippen LogP contribution in [0, 0.1) is 6.92 Å². The summed E-state index contributed by atoms with van der Waals surface area (Å²) in [5.74, 6) is -0.454. The fourth-order valence-corrected chi connectivity index (χ4v) is 2.70. The first-order valence-corrected chi connectivity index (χ1v) is 7.28. The monoisotopic (exact) mass is 306 g/mol. The molecule has 0 aliphatic heterocycles. The van der Waals surface area contributed by atoms with Crippen molar-refractivity contribution in [3.8, 4) is 0 Å². The second-order valence-electron chi connectivity index (χ2n) is 4.94. The number of hydrogen-bond donors (Lipinski definition) is 1. The molecule has 0 radical (unpaired) electrons. The summed E-state index contributed by atoms with van der Waals surface area (Å²) < 4.78 is 10.1. The Hall–Kier alpha value is -1.75. The van der Waals surface area contributed by atoms with Crippen LogP contribution in [-0.2, 0) is 22.4 Å². The Kier molecular flexibility index (Phi) is 4.73. The normalized spacial score (nSPS) is 10.9. The van der Waals surface area contributed by atoms with Gasteiger partial charge in [0.2, 0.25) is 0 Å². The minimum Gasteiger partial charge on any atom is -0.469 e. The maximum absolute atomic E-state index is 12.2. The van der Waals surface area contributed by atoms with E-state index in [4.69, 9.17) is 4.42 Å². The van der Waals surface area contributed by atoms with Gasteiger partial charge in [-0.1, -0.05) is 13.3 Å². The maximum atomic E-state index is 12.2. The van der Waals surface area contributed by atoms with E-state index in [-0.39, 0.29) is 6.42 Å². The molecule has 0 saturated heterocycles. The van der Waals surface area contributed by atoms with E-state index in [2.05, 4.69) is 24.3 Å². The van der Waals surface area contributed by atoms with Crippen molar-refractivity contribution >= 4 is 29.6 Å². The van der Waals surface area contributed by atoms with E-state index in [9.17, 15) is 9.59 Å². The number of rotatable bonds is 4. The molecule has 0 amide bonds. The quantitative estimate of drug-likeness (QED) is 0.536. The Morgan fingerprint density at radius 2 is 2.05 bits per heavy atom. The molecule has 4 nitrogen and oxygen atoms in total. The third-order valence-corrected chi connectivity index (χ3v) is 4.00. The van der Waals surface area contributed by atoms with Gasteiger partial charge in [-0.3, -0.25) is 4.79 Å². The van der Waals surface area contributed by atoms with Crippen LogP contribution in [0.15, 0.2) is 26.2 Å². The fourth-order valence-electron chi connectivity index (χ4n) is 2.41. The molecule has 1 aromatic carbocycles. The predicted octanol–water partition coefficient (Wildman–Crippen LogP) is 3.06. The van der Waals surface area contributed by atoms with E-state index in [1.165, 1.54) is 7.11 Å². The standard InChI is InChI=1S/C16H18O4S/c1-4-5-11-13(21)7-6-10-9(2)12(8-14(17)19-3)16(18)20-15(10)11/h6-7,21H,4-5,8H2,1-3H3. The predicted molar refractivity (Wildman–Crippen MR) is 84.2 cm³/mol. The Morgan fingerprint density at radius 1 is 1.33 bits per heavy atom. The second kappa shape index (κ2) is 6.35. The summed E-state index contributed by atoms with van der Waals surface area (Å²) in [6.07, 6.45) is 1.64. The van der Waals surface area contributed by atoms with Gasteiger partial charge in [0.15, 0.2) is 0 Å². The van der Waals surface area contributed by atoms with Crippen molar-refractivity contribution in [1.82, 2.24) is 0 Å². The van der Waals surface area contributed by atoms with Crippen LogP contribution in [0.2, 0.25) is 0 Å². The molecule has 112 valence electrons. The van der Waals surface area contributed by atoms with E-state index in [0.717, 1.165) is 34.3 Å². The van der Waals surface area contributed by atoms with E-state index in [0.29, 0.717) is 11.1 Å². The lowest BCUT2D eigenvalue weighted by Crippen LogP contribution is -2.16.